The highest BCUT2D eigenvalue weighted by Crippen LogP contribution is 2.60. The van der Waals surface area contributed by atoms with E-state index < -0.39 is 0 Å². The molecule has 1 aliphatic heterocycles. The predicted octanol–water partition coefficient (Wildman–Crippen LogP) is 10.1. The van der Waals surface area contributed by atoms with Crippen LogP contribution in [0.2, 0.25) is 0 Å². The first-order valence-electron chi connectivity index (χ1n) is 11.5. The van der Waals surface area contributed by atoms with E-state index in [9.17, 15) is 0 Å². The molecule has 0 unspecified atom stereocenters. The second-order valence-electron chi connectivity index (χ2n) is 8.93. The van der Waals surface area contributed by atoms with Crippen molar-refractivity contribution in [3.05, 3.63) is 109 Å². The van der Waals surface area contributed by atoms with Gasteiger partial charge >= 0.3 is 0 Å². The first-order chi connectivity index (χ1) is 16.8. The lowest BCUT2D eigenvalue weighted by atomic mass is 9.93. The average Bonchev–Trinajstić information content (AvgIpc) is 3.61. The molecule has 0 atom stereocenters. The number of hydrogen-bond acceptors (Lipinski definition) is 2. The van der Waals surface area contributed by atoms with Gasteiger partial charge in [-0.2, -0.15) is 0 Å². The van der Waals surface area contributed by atoms with Crippen molar-refractivity contribution in [1.29, 1.82) is 0 Å². The van der Waals surface area contributed by atoms with Crippen LogP contribution >= 0.6 is 22.7 Å². The molecule has 3 heterocycles. The first kappa shape index (κ1) is 18.7. The molecule has 6 aromatic rings. The fraction of sp³-hybridized carbons (Fsp3) is 0. The molecule has 2 aliphatic rings. The Morgan fingerprint density at radius 2 is 0.971 bits per heavy atom. The summed E-state index contributed by atoms with van der Waals surface area (Å²) in [5.41, 5.74) is 13.3. The van der Waals surface area contributed by atoms with Crippen molar-refractivity contribution in [2.45, 2.75) is 0 Å². The lowest BCUT2D eigenvalue weighted by Gasteiger charge is -2.12. The number of benzene rings is 4. The first-order valence-corrected chi connectivity index (χ1v) is 13.2. The van der Waals surface area contributed by atoms with E-state index in [-0.39, 0.29) is 0 Å². The molecule has 2 aromatic heterocycles. The van der Waals surface area contributed by atoms with Crippen LogP contribution in [-0.2, 0) is 0 Å². The Balaban J connectivity index is 1.47. The van der Waals surface area contributed by atoms with E-state index in [0.717, 1.165) is 0 Å². The van der Waals surface area contributed by atoms with Gasteiger partial charge in [0.25, 0.3) is 0 Å². The van der Waals surface area contributed by atoms with Crippen molar-refractivity contribution >= 4 is 22.7 Å². The Hall–Kier alpha value is -3.72. The summed E-state index contributed by atoms with van der Waals surface area (Å²) >= 11 is 3.88. The maximum Gasteiger partial charge on any atom is 0.0534 e. The van der Waals surface area contributed by atoms with Crippen LogP contribution in [0.25, 0.3) is 75.1 Å². The van der Waals surface area contributed by atoms with Crippen molar-refractivity contribution < 1.29 is 0 Å². The fourth-order valence-electron chi connectivity index (χ4n) is 5.47. The Morgan fingerprint density at radius 1 is 0.353 bits per heavy atom. The summed E-state index contributed by atoms with van der Waals surface area (Å²) in [4.78, 5) is 5.50. The highest BCUT2D eigenvalue weighted by Gasteiger charge is 2.32. The van der Waals surface area contributed by atoms with Gasteiger partial charge in [-0.1, -0.05) is 84.9 Å². The molecular weight excluding hydrogens is 448 g/mol. The lowest BCUT2D eigenvalue weighted by Crippen LogP contribution is -1.86. The smallest absolute Gasteiger partial charge is 0.0534 e. The highest BCUT2D eigenvalue weighted by molar-refractivity contribution is 7.26. The third-order valence-corrected chi connectivity index (χ3v) is 9.57. The van der Waals surface area contributed by atoms with Crippen molar-refractivity contribution in [2.75, 3.05) is 0 Å². The van der Waals surface area contributed by atoms with Crippen LogP contribution in [0.15, 0.2) is 109 Å². The summed E-state index contributed by atoms with van der Waals surface area (Å²) in [5.74, 6) is 0. The van der Waals surface area contributed by atoms with Crippen molar-refractivity contribution in [1.82, 2.24) is 0 Å². The summed E-state index contributed by atoms with van der Waals surface area (Å²) < 4.78 is 0. The van der Waals surface area contributed by atoms with Crippen LogP contribution in [0.4, 0.5) is 0 Å². The molecule has 0 saturated carbocycles. The minimum absolute atomic E-state index is 1.27. The average molecular weight is 467 g/mol. The highest BCUT2D eigenvalue weighted by atomic mass is 32.1. The number of thiophene rings is 2. The molecule has 34 heavy (non-hydrogen) atoms. The summed E-state index contributed by atoms with van der Waals surface area (Å²) in [6.45, 7) is 0. The van der Waals surface area contributed by atoms with Gasteiger partial charge in [-0.15, -0.1) is 22.7 Å². The zero-order valence-electron chi connectivity index (χ0n) is 18.2. The summed E-state index contributed by atoms with van der Waals surface area (Å²) in [6.07, 6.45) is 0. The molecule has 8 bridgehead atoms. The zero-order valence-corrected chi connectivity index (χ0v) is 19.8. The van der Waals surface area contributed by atoms with Crippen molar-refractivity contribution in [2.24, 2.45) is 0 Å². The van der Waals surface area contributed by atoms with E-state index in [4.69, 9.17) is 0 Å². The van der Waals surface area contributed by atoms with E-state index >= 15 is 0 Å². The van der Waals surface area contributed by atoms with E-state index in [1.54, 1.807) is 0 Å². The second kappa shape index (κ2) is 6.89. The van der Waals surface area contributed by atoms with Crippen LogP contribution in [0, 0.1) is 0 Å². The molecule has 0 saturated heterocycles. The van der Waals surface area contributed by atoms with Crippen LogP contribution < -0.4 is 0 Å². The van der Waals surface area contributed by atoms with Crippen LogP contribution in [0.1, 0.15) is 0 Å². The van der Waals surface area contributed by atoms with Gasteiger partial charge in [0.05, 0.1) is 4.88 Å². The quantitative estimate of drug-likeness (QED) is 0.238. The normalized spacial score (nSPS) is 12.1. The van der Waals surface area contributed by atoms with Crippen molar-refractivity contribution in [3.63, 3.8) is 0 Å². The van der Waals surface area contributed by atoms with Crippen LogP contribution in [0.5, 0.6) is 0 Å². The summed E-state index contributed by atoms with van der Waals surface area (Å²) in [7, 11) is 0. The van der Waals surface area contributed by atoms with E-state index in [1.807, 2.05) is 22.7 Å². The standard InChI is InChI=1S/C32H18S2/c1-3-7-19(8-4-1)23-14-12-22-18-25(23)30-29(22)31-26-17-21(27-15-16-28(33-27)32(30)34-31)11-13-24(26)20-9-5-2-6-10-20/h1-18H. The van der Waals surface area contributed by atoms with Gasteiger partial charge < -0.3 is 0 Å². The number of hydrogen-bond donors (Lipinski definition) is 0. The molecule has 0 amide bonds. The van der Waals surface area contributed by atoms with Crippen LogP contribution in [0.3, 0.4) is 0 Å². The molecule has 1 aliphatic carbocycles. The largest absolute Gasteiger partial charge is 0.134 e. The Labute approximate surface area is 206 Å². The SMILES string of the molecule is c1ccc(-c2ccc3cc2-c2sc(c4c2-c2ccc(-c5ccccc5)c-4c2)-c2ccc-3s2)cc1. The molecular formula is C32H18S2. The number of rotatable bonds is 2. The van der Waals surface area contributed by atoms with E-state index in [2.05, 4.69) is 109 Å². The van der Waals surface area contributed by atoms with Gasteiger partial charge in [-0.3, -0.25) is 0 Å². The zero-order chi connectivity index (χ0) is 22.2. The molecule has 4 aromatic carbocycles. The van der Waals surface area contributed by atoms with Crippen molar-refractivity contribution in [3.8, 4) is 75.1 Å². The second-order valence-corrected chi connectivity index (χ2v) is 11.0. The molecule has 158 valence electrons. The molecule has 0 fully saturated rings. The van der Waals surface area contributed by atoms with Gasteiger partial charge in [-0.25, -0.2) is 0 Å². The molecule has 0 nitrogen and oxygen atoms in total. The summed E-state index contributed by atoms with van der Waals surface area (Å²) in [6, 6.07) is 40.3. The third kappa shape index (κ3) is 2.53. The minimum atomic E-state index is 1.27. The maximum absolute atomic E-state index is 2.41. The Kier molecular flexibility index (Phi) is 3.79. The molecule has 0 radical (unpaired) electrons. The summed E-state index contributed by atoms with van der Waals surface area (Å²) in [5, 5.41) is 0. The van der Waals surface area contributed by atoms with E-state index in [1.165, 1.54) is 75.1 Å². The molecule has 2 heteroatoms. The third-order valence-electron chi connectivity index (χ3n) is 7.03. The topological polar surface area (TPSA) is 0 Å². The molecule has 0 spiro atoms. The Morgan fingerprint density at radius 3 is 1.71 bits per heavy atom. The van der Waals surface area contributed by atoms with E-state index in [0.29, 0.717) is 0 Å². The lowest BCUT2D eigenvalue weighted by molar-refractivity contribution is 1.61. The molecule has 0 N–H and O–H groups in total. The molecule has 8 rings (SSSR count). The van der Waals surface area contributed by atoms with Gasteiger partial charge in [0, 0.05) is 31.3 Å². The van der Waals surface area contributed by atoms with Crippen LogP contribution in [-0.4, -0.2) is 0 Å². The number of fused-ring (bicyclic) bond motifs is 16. The maximum atomic E-state index is 2.41. The monoisotopic (exact) mass is 466 g/mol. The minimum Gasteiger partial charge on any atom is -0.134 e. The fourth-order valence-corrected chi connectivity index (χ4v) is 7.96. The van der Waals surface area contributed by atoms with Gasteiger partial charge in [-0.05, 0) is 63.2 Å². The predicted molar refractivity (Wildman–Crippen MR) is 147 cm³/mol. The van der Waals surface area contributed by atoms with Gasteiger partial charge in [0.1, 0.15) is 0 Å². The Bertz CT molecular complexity index is 1730. The van der Waals surface area contributed by atoms with Gasteiger partial charge in [0.2, 0.25) is 0 Å². The van der Waals surface area contributed by atoms with Gasteiger partial charge in [0.15, 0.2) is 0 Å².